The van der Waals surface area contributed by atoms with E-state index in [2.05, 4.69) is 155 Å². The van der Waals surface area contributed by atoms with Gasteiger partial charge in [-0.05, 0) is 70.4 Å². The summed E-state index contributed by atoms with van der Waals surface area (Å²) in [6.45, 7) is 0. The lowest BCUT2D eigenvalue weighted by Crippen LogP contribution is -1.97. The number of fused-ring (bicyclic) bond motifs is 9. The summed E-state index contributed by atoms with van der Waals surface area (Å²) >= 11 is 0. The van der Waals surface area contributed by atoms with E-state index in [1.54, 1.807) is 0 Å². The average Bonchev–Trinajstić information content (AvgIpc) is 3.59. The minimum atomic E-state index is 0.920. The lowest BCUT2D eigenvalue weighted by atomic mass is 9.99. The van der Waals surface area contributed by atoms with Gasteiger partial charge in [0.25, 0.3) is 0 Å². The van der Waals surface area contributed by atoms with Gasteiger partial charge < -0.3 is 4.57 Å². The van der Waals surface area contributed by atoms with Gasteiger partial charge in [0, 0.05) is 33.4 Å². The minimum absolute atomic E-state index is 0.920. The molecule has 0 atom stereocenters. The molecule has 0 spiro atoms. The Balaban J connectivity index is 1.38. The van der Waals surface area contributed by atoms with E-state index < -0.39 is 0 Å². The molecule has 0 saturated heterocycles. The van der Waals surface area contributed by atoms with Crippen molar-refractivity contribution in [1.82, 2.24) is 14.1 Å². The van der Waals surface area contributed by atoms with Crippen LogP contribution in [0.5, 0.6) is 0 Å². The summed E-state index contributed by atoms with van der Waals surface area (Å²) in [6.07, 6.45) is 1.92. The Morgan fingerprint density at radius 2 is 0.929 bits per heavy atom. The molecule has 0 saturated carbocycles. The molecule has 196 valence electrons. The van der Waals surface area contributed by atoms with Gasteiger partial charge in [0.1, 0.15) is 5.82 Å². The fourth-order valence-corrected chi connectivity index (χ4v) is 6.79. The molecule has 0 aliphatic heterocycles. The fourth-order valence-electron chi connectivity index (χ4n) is 6.79. The molecule has 9 rings (SSSR count). The van der Waals surface area contributed by atoms with Crippen molar-refractivity contribution in [2.75, 3.05) is 0 Å². The van der Waals surface area contributed by atoms with Crippen LogP contribution < -0.4 is 0 Å². The van der Waals surface area contributed by atoms with Crippen LogP contribution in [0.1, 0.15) is 0 Å². The summed E-state index contributed by atoms with van der Waals surface area (Å²) in [6, 6.07) is 52.1. The Morgan fingerprint density at radius 3 is 1.60 bits per heavy atom. The summed E-state index contributed by atoms with van der Waals surface area (Å²) in [4.78, 5) is 4.88. The van der Waals surface area contributed by atoms with Crippen LogP contribution in [0.2, 0.25) is 0 Å². The molecule has 3 aromatic heterocycles. The average molecular weight is 536 g/mol. The van der Waals surface area contributed by atoms with Gasteiger partial charge in [-0.2, -0.15) is 0 Å². The third-order valence-electron chi connectivity index (χ3n) is 8.56. The van der Waals surface area contributed by atoms with Crippen molar-refractivity contribution in [2.24, 2.45) is 0 Å². The Labute approximate surface area is 242 Å². The van der Waals surface area contributed by atoms with E-state index in [0.717, 1.165) is 22.4 Å². The zero-order chi connectivity index (χ0) is 27.6. The molecule has 3 nitrogen and oxygen atoms in total. The van der Waals surface area contributed by atoms with Gasteiger partial charge >= 0.3 is 0 Å². The highest BCUT2D eigenvalue weighted by Crippen LogP contribution is 2.42. The van der Waals surface area contributed by atoms with Gasteiger partial charge in [-0.25, -0.2) is 4.98 Å². The lowest BCUT2D eigenvalue weighted by molar-refractivity contribution is 1.08. The molecule has 0 aliphatic rings. The number of pyridine rings is 1. The van der Waals surface area contributed by atoms with Crippen molar-refractivity contribution in [2.45, 2.75) is 0 Å². The van der Waals surface area contributed by atoms with Crippen molar-refractivity contribution in [1.29, 1.82) is 0 Å². The zero-order valence-electron chi connectivity index (χ0n) is 22.8. The van der Waals surface area contributed by atoms with Gasteiger partial charge in [-0.15, -0.1) is 0 Å². The third-order valence-corrected chi connectivity index (χ3v) is 8.56. The van der Waals surface area contributed by atoms with E-state index in [0.29, 0.717) is 0 Å². The van der Waals surface area contributed by atoms with Crippen LogP contribution in [0, 0.1) is 0 Å². The Morgan fingerprint density at radius 1 is 0.381 bits per heavy atom. The third kappa shape index (κ3) is 3.25. The van der Waals surface area contributed by atoms with Crippen LogP contribution in [-0.2, 0) is 0 Å². The van der Waals surface area contributed by atoms with Gasteiger partial charge in [0.05, 0.1) is 22.1 Å². The number of rotatable bonds is 3. The first kappa shape index (κ1) is 23.1. The SMILES string of the molecule is c1ccc(-c2ccnc(-n3c4ccccc4c4c5ccc6c(c5ccc43)c3ccccc3n6-c3ccccc3)c2)cc1. The smallest absolute Gasteiger partial charge is 0.138 e. The van der Waals surface area contributed by atoms with Crippen molar-refractivity contribution < 1.29 is 0 Å². The van der Waals surface area contributed by atoms with Gasteiger partial charge in [-0.1, -0.05) is 97.1 Å². The van der Waals surface area contributed by atoms with Crippen molar-refractivity contribution in [3.63, 3.8) is 0 Å². The van der Waals surface area contributed by atoms with Crippen molar-refractivity contribution >= 4 is 54.4 Å². The number of benzene rings is 6. The van der Waals surface area contributed by atoms with E-state index >= 15 is 0 Å². The predicted octanol–water partition coefficient (Wildman–Crippen LogP) is 10.1. The van der Waals surface area contributed by atoms with Crippen LogP contribution in [-0.4, -0.2) is 14.1 Å². The quantitative estimate of drug-likeness (QED) is 0.221. The first-order chi connectivity index (χ1) is 20.9. The molecule has 9 aromatic rings. The second-order valence-electron chi connectivity index (χ2n) is 10.8. The molecule has 42 heavy (non-hydrogen) atoms. The van der Waals surface area contributed by atoms with Gasteiger partial charge in [-0.3, -0.25) is 4.57 Å². The van der Waals surface area contributed by atoms with Crippen LogP contribution in [0.25, 0.3) is 77.0 Å². The van der Waals surface area contributed by atoms with E-state index in [1.165, 1.54) is 54.6 Å². The first-order valence-electron chi connectivity index (χ1n) is 14.3. The fraction of sp³-hybridized carbons (Fsp3) is 0. The number of aromatic nitrogens is 3. The van der Waals surface area contributed by atoms with Crippen LogP contribution in [0.4, 0.5) is 0 Å². The lowest BCUT2D eigenvalue weighted by Gasteiger charge is -2.10. The molecule has 3 heterocycles. The van der Waals surface area contributed by atoms with Crippen molar-refractivity contribution in [3.05, 3.63) is 152 Å². The highest BCUT2D eigenvalue weighted by Gasteiger charge is 2.19. The summed E-state index contributed by atoms with van der Waals surface area (Å²) < 4.78 is 4.70. The summed E-state index contributed by atoms with van der Waals surface area (Å²) in [5.41, 5.74) is 8.26. The molecule has 0 aliphatic carbocycles. The van der Waals surface area contributed by atoms with E-state index in [1.807, 2.05) is 6.20 Å². The maximum absolute atomic E-state index is 4.88. The molecule has 0 N–H and O–H groups in total. The molecule has 0 fully saturated rings. The molecule has 0 amide bonds. The van der Waals surface area contributed by atoms with E-state index in [9.17, 15) is 0 Å². The normalized spacial score (nSPS) is 11.8. The summed E-state index contributed by atoms with van der Waals surface area (Å²) in [5, 5.41) is 7.56. The van der Waals surface area contributed by atoms with Gasteiger partial charge in [0.15, 0.2) is 0 Å². The van der Waals surface area contributed by atoms with E-state index in [-0.39, 0.29) is 0 Å². The largest absolute Gasteiger partial charge is 0.309 e. The summed E-state index contributed by atoms with van der Waals surface area (Å²) in [7, 11) is 0. The Kier molecular flexibility index (Phi) is 4.90. The number of hydrogen-bond acceptors (Lipinski definition) is 1. The standard InChI is InChI=1S/C39H25N3/c1-3-11-26(12-4-1)27-23-24-40-37(25-27)42-34-18-10-8-16-32(34)39-30-19-21-35-38(29(30)20-22-36(39)42)31-15-7-9-17-33(31)41(35)28-13-5-2-6-14-28/h1-25H. The molecular formula is C39H25N3. The second-order valence-corrected chi connectivity index (χ2v) is 10.8. The molecule has 3 heteroatoms. The van der Waals surface area contributed by atoms with Crippen LogP contribution in [0.3, 0.4) is 0 Å². The molecule has 0 unspecified atom stereocenters. The minimum Gasteiger partial charge on any atom is -0.309 e. The van der Waals surface area contributed by atoms with E-state index in [4.69, 9.17) is 4.98 Å². The molecular weight excluding hydrogens is 510 g/mol. The van der Waals surface area contributed by atoms with Crippen LogP contribution >= 0.6 is 0 Å². The first-order valence-corrected chi connectivity index (χ1v) is 14.3. The topological polar surface area (TPSA) is 22.8 Å². The highest BCUT2D eigenvalue weighted by atomic mass is 15.1. The molecule has 0 radical (unpaired) electrons. The molecule has 0 bridgehead atoms. The van der Waals surface area contributed by atoms with Crippen molar-refractivity contribution in [3.8, 4) is 22.6 Å². The second kappa shape index (κ2) is 8.92. The Hall–Kier alpha value is -5.67. The monoisotopic (exact) mass is 535 g/mol. The predicted molar refractivity (Wildman–Crippen MR) is 176 cm³/mol. The number of hydrogen-bond donors (Lipinski definition) is 0. The maximum atomic E-state index is 4.88. The maximum Gasteiger partial charge on any atom is 0.138 e. The zero-order valence-corrected chi connectivity index (χ0v) is 22.8. The highest BCUT2D eigenvalue weighted by molar-refractivity contribution is 6.29. The molecule has 6 aromatic carbocycles. The number of para-hydroxylation sites is 3. The Bertz CT molecular complexity index is 2450. The van der Waals surface area contributed by atoms with Gasteiger partial charge in [0.2, 0.25) is 0 Å². The number of nitrogens with zero attached hydrogens (tertiary/aromatic N) is 3. The summed E-state index contributed by atoms with van der Waals surface area (Å²) in [5.74, 6) is 0.920. The van der Waals surface area contributed by atoms with Crippen LogP contribution in [0.15, 0.2) is 152 Å².